The van der Waals surface area contributed by atoms with Crippen molar-refractivity contribution in [1.82, 2.24) is 9.80 Å². The molecule has 0 unspecified atom stereocenters. The van der Waals surface area contributed by atoms with Crippen LogP contribution in [-0.2, 0) is 19.1 Å². The number of fused-ring (bicyclic) bond motifs is 1. The number of hydrogen-bond donors (Lipinski definition) is 0. The molecule has 0 radical (unpaired) electrons. The highest BCUT2D eigenvalue weighted by atomic mass is 32.1. The van der Waals surface area contributed by atoms with Crippen molar-refractivity contribution in [2.24, 2.45) is 0 Å². The number of likely N-dealkylation sites (N-methyl/N-ethyl adjacent to an activating group) is 2. The number of anilines is 1. The van der Waals surface area contributed by atoms with Crippen molar-refractivity contribution in [2.75, 3.05) is 31.1 Å². The molecular weight excluding hydrogens is 442 g/mol. The number of carbonyl (C=O) groups excluding carboxylic acids is 3. The highest BCUT2D eigenvalue weighted by Crippen LogP contribution is 2.38. The first-order valence-corrected chi connectivity index (χ1v) is 11.3. The molecule has 1 aromatic carbocycles. The van der Waals surface area contributed by atoms with Crippen molar-refractivity contribution in [3.8, 4) is 5.75 Å². The van der Waals surface area contributed by atoms with E-state index in [-0.39, 0.29) is 10.7 Å². The van der Waals surface area contributed by atoms with Gasteiger partial charge in [-0.15, -0.1) is 0 Å². The molecule has 3 rings (SSSR count). The summed E-state index contributed by atoms with van der Waals surface area (Å²) in [7, 11) is 0. The van der Waals surface area contributed by atoms with Gasteiger partial charge in [0.1, 0.15) is 5.57 Å². The number of rotatable bonds is 9. The first-order valence-electron chi connectivity index (χ1n) is 10.9. The fourth-order valence-corrected chi connectivity index (χ4v) is 3.99. The van der Waals surface area contributed by atoms with Gasteiger partial charge in [0.2, 0.25) is 5.88 Å². The molecule has 0 aromatic heterocycles. The molecule has 2 amide bonds. The van der Waals surface area contributed by atoms with Gasteiger partial charge in [0.25, 0.3) is 11.8 Å². The molecule has 2 aliphatic heterocycles. The van der Waals surface area contributed by atoms with Gasteiger partial charge in [-0.1, -0.05) is 18.7 Å². The van der Waals surface area contributed by atoms with E-state index in [2.05, 4.69) is 6.58 Å². The maximum absolute atomic E-state index is 12.9. The van der Waals surface area contributed by atoms with Gasteiger partial charge in [0.05, 0.1) is 12.3 Å². The van der Waals surface area contributed by atoms with E-state index in [4.69, 9.17) is 21.7 Å². The van der Waals surface area contributed by atoms with Gasteiger partial charge < -0.3 is 14.4 Å². The zero-order chi connectivity index (χ0) is 24.0. The Morgan fingerprint density at radius 2 is 1.73 bits per heavy atom. The molecule has 0 aliphatic carbocycles. The minimum absolute atomic E-state index is 0.0376. The predicted octanol–water partition coefficient (Wildman–Crippen LogP) is 3.16. The summed E-state index contributed by atoms with van der Waals surface area (Å²) >= 11 is 5.30. The first kappa shape index (κ1) is 24.2. The lowest BCUT2D eigenvalue weighted by atomic mass is 10.1. The highest BCUT2D eigenvalue weighted by Gasteiger charge is 2.37. The van der Waals surface area contributed by atoms with Gasteiger partial charge in [-0.3, -0.25) is 19.4 Å². The number of hydrogen-bond acceptors (Lipinski definition) is 7. The average Bonchev–Trinajstić information content (AvgIpc) is 3.16. The van der Waals surface area contributed by atoms with Gasteiger partial charge in [0, 0.05) is 25.7 Å². The van der Waals surface area contributed by atoms with Crippen LogP contribution in [0.3, 0.4) is 0 Å². The van der Waals surface area contributed by atoms with Crippen LogP contribution >= 0.6 is 12.2 Å². The van der Waals surface area contributed by atoms with Crippen LogP contribution in [0.15, 0.2) is 60.5 Å². The Labute approximate surface area is 198 Å². The molecule has 0 atom stereocenters. The zero-order valence-electron chi connectivity index (χ0n) is 18.8. The van der Waals surface area contributed by atoms with Crippen LogP contribution in [0.5, 0.6) is 5.75 Å². The fraction of sp³-hybridized carbons (Fsp3) is 0.333. The highest BCUT2D eigenvalue weighted by molar-refractivity contribution is 7.80. The standard InChI is InChI=1S/C24H27N3O5S/c1-4-21(28)31-16-10-9-15-27-18-11-7-8-12-19(18)32-20(27)14-13-17-22(29)25(5-2)24(33)26(6-3)23(17)30/h4,7-8,11-14H,1,5-6,9-10,15-16H2,2-3H3. The summed E-state index contributed by atoms with van der Waals surface area (Å²) in [5, 5.41) is 0.225. The van der Waals surface area contributed by atoms with E-state index in [0.29, 0.717) is 44.3 Å². The maximum atomic E-state index is 12.9. The number of amides is 2. The molecule has 1 aromatic rings. The lowest BCUT2D eigenvalue weighted by Gasteiger charge is -2.35. The Kier molecular flexibility index (Phi) is 8.00. The third kappa shape index (κ3) is 5.14. The van der Waals surface area contributed by atoms with Crippen LogP contribution in [0.2, 0.25) is 0 Å². The van der Waals surface area contributed by atoms with Gasteiger partial charge in [-0.25, -0.2) is 4.79 Å². The molecule has 1 fully saturated rings. The monoisotopic (exact) mass is 469 g/mol. The van der Waals surface area contributed by atoms with Gasteiger partial charge >= 0.3 is 5.97 Å². The topological polar surface area (TPSA) is 79.4 Å². The SMILES string of the molecule is C=CC(=O)OCCCCN1C(=CC=C2C(=O)N(CC)C(=S)N(CC)C2=O)Oc2ccccc21. The molecule has 1 saturated heterocycles. The summed E-state index contributed by atoms with van der Waals surface area (Å²) in [6.45, 7) is 8.66. The summed E-state index contributed by atoms with van der Waals surface area (Å²) in [4.78, 5) is 41.7. The van der Waals surface area contributed by atoms with Crippen molar-refractivity contribution >= 4 is 40.8 Å². The second-order valence-electron chi connectivity index (χ2n) is 7.27. The van der Waals surface area contributed by atoms with Crippen molar-refractivity contribution in [2.45, 2.75) is 26.7 Å². The van der Waals surface area contributed by atoms with Crippen LogP contribution in [0, 0.1) is 0 Å². The van der Waals surface area contributed by atoms with Crippen LogP contribution in [0.25, 0.3) is 0 Å². The lowest BCUT2D eigenvalue weighted by molar-refractivity contribution is -0.138. The molecule has 0 bridgehead atoms. The van der Waals surface area contributed by atoms with Gasteiger partial charge in [-0.2, -0.15) is 0 Å². The number of ether oxygens (including phenoxy) is 2. The largest absolute Gasteiger partial charge is 0.463 e. The van der Waals surface area contributed by atoms with E-state index in [0.717, 1.165) is 18.2 Å². The number of benzene rings is 1. The van der Waals surface area contributed by atoms with Crippen molar-refractivity contribution in [1.29, 1.82) is 0 Å². The van der Waals surface area contributed by atoms with Gasteiger partial charge in [-0.05, 0) is 63.2 Å². The summed E-state index contributed by atoms with van der Waals surface area (Å²) in [6, 6.07) is 7.58. The molecule has 8 nitrogen and oxygen atoms in total. The summed E-state index contributed by atoms with van der Waals surface area (Å²) in [5.74, 6) is -0.0828. The number of unbranched alkanes of at least 4 members (excludes halogenated alkanes) is 1. The first-order chi connectivity index (χ1) is 15.9. The van der Waals surface area contributed by atoms with Crippen molar-refractivity contribution < 1.29 is 23.9 Å². The number of allylic oxidation sites excluding steroid dienone is 2. The Balaban J connectivity index is 1.81. The van der Waals surface area contributed by atoms with E-state index in [1.807, 2.05) is 43.0 Å². The Hall–Kier alpha value is -3.46. The Bertz CT molecular complexity index is 1000. The minimum atomic E-state index is -0.444. The average molecular weight is 470 g/mol. The predicted molar refractivity (Wildman–Crippen MR) is 128 cm³/mol. The molecular formula is C24H27N3O5S. The summed E-state index contributed by atoms with van der Waals surface area (Å²) < 4.78 is 11.0. The second-order valence-corrected chi connectivity index (χ2v) is 7.63. The molecule has 2 aliphatic rings. The molecule has 33 heavy (non-hydrogen) atoms. The molecule has 0 saturated carbocycles. The molecule has 0 spiro atoms. The lowest BCUT2D eigenvalue weighted by Crippen LogP contribution is -2.55. The third-order valence-corrected chi connectivity index (χ3v) is 5.70. The molecule has 174 valence electrons. The Morgan fingerprint density at radius 3 is 2.36 bits per heavy atom. The fourth-order valence-electron chi connectivity index (χ4n) is 3.57. The van der Waals surface area contributed by atoms with E-state index < -0.39 is 17.8 Å². The summed E-state index contributed by atoms with van der Waals surface area (Å²) in [5.41, 5.74) is 0.925. The molecule has 2 heterocycles. The van der Waals surface area contributed by atoms with Crippen LogP contribution in [0.1, 0.15) is 26.7 Å². The number of thiocarbonyl (C=S) groups is 1. The summed E-state index contributed by atoms with van der Waals surface area (Å²) in [6.07, 6.45) is 5.67. The molecule has 9 heteroatoms. The van der Waals surface area contributed by atoms with E-state index >= 15 is 0 Å². The van der Waals surface area contributed by atoms with Crippen molar-refractivity contribution in [3.63, 3.8) is 0 Å². The Morgan fingerprint density at radius 1 is 1.06 bits per heavy atom. The maximum Gasteiger partial charge on any atom is 0.330 e. The third-order valence-electron chi connectivity index (χ3n) is 5.26. The quantitative estimate of drug-likeness (QED) is 0.181. The number of para-hydroxylation sites is 2. The van der Waals surface area contributed by atoms with E-state index in [1.54, 1.807) is 6.08 Å². The minimum Gasteiger partial charge on any atom is -0.463 e. The van der Waals surface area contributed by atoms with Gasteiger partial charge in [0.15, 0.2) is 10.9 Å². The van der Waals surface area contributed by atoms with Crippen LogP contribution in [0.4, 0.5) is 5.69 Å². The van der Waals surface area contributed by atoms with E-state index in [9.17, 15) is 14.4 Å². The number of nitrogens with zero attached hydrogens (tertiary/aromatic N) is 3. The number of esters is 1. The van der Waals surface area contributed by atoms with Crippen LogP contribution in [-0.4, -0.2) is 58.9 Å². The smallest absolute Gasteiger partial charge is 0.330 e. The second kappa shape index (κ2) is 10.9. The number of carbonyl (C=O) groups is 3. The van der Waals surface area contributed by atoms with Crippen molar-refractivity contribution in [3.05, 3.63) is 60.5 Å². The van der Waals surface area contributed by atoms with E-state index in [1.165, 1.54) is 15.9 Å². The normalized spacial score (nSPS) is 16.8. The zero-order valence-corrected chi connectivity index (χ0v) is 19.6. The molecule has 0 N–H and O–H groups in total. The van der Waals surface area contributed by atoms with Crippen LogP contribution < -0.4 is 9.64 Å².